The van der Waals surface area contributed by atoms with Gasteiger partial charge >= 0.3 is 0 Å². The van der Waals surface area contributed by atoms with Gasteiger partial charge in [0.25, 0.3) is 11.9 Å². The topological polar surface area (TPSA) is 121 Å². The van der Waals surface area contributed by atoms with E-state index in [1.165, 1.54) is 0 Å². The Balaban J connectivity index is 1.14. The number of aliphatic hydroxyl groups excluding tert-OH is 2. The Hall–Kier alpha value is -2.79. The van der Waals surface area contributed by atoms with Crippen molar-refractivity contribution < 1.29 is 33.0 Å². The molecule has 2 fully saturated rings. The minimum absolute atomic E-state index is 0.00987. The van der Waals surface area contributed by atoms with Gasteiger partial charge in [0.2, 0.25) is 11.8 Å². The lowest BCUT2D eigenvalue weighted by atomic mass is 9.81. The zero-order valence-corrected chi connectivity index (χ0v) is 20.5. The second-order valence-corrected chi connectivity index (χ2v) is 9.84. The van der Waals surface area contributed by atoms with Crippen molar-refractivity contribution in [1.82, 2.24) is 15.5 Å². The number of benzene rings is 1. The Labute approximate surface area is 208 Å². The number of nitrogens with one attached hydrogen (secondary N) is 1. The Morgan fingerprint density at radius 3 is 2.75 bits per heavy atom. The highest BCUT2D eigenvalue weighted by Gasteiger charge is 2.48. The Morgan fingerprint density at radius 2 is 2.08 bits per heavy atom. The molecule has 198 valence electrons. The Bertz CT molecular complexity index is 1020. The SMILES string of the molecule is Cc1cc(OCCCC2CCN(c3noc(C4CC(F)(F)C4)n3)CC2)ccc1C(=O)NC[C@H](O)CO. The minimum Gasteiger partial charge on any atom is -0.494 e. The first-order chi connectivity index (χ1) is 17.2. The van der Waals surface area contributed by atoms with Gasteiger partial charge in [0, 0.05) is 44.0 Å². The first kappa shape index (κ1) is 26.3. The van der Waals surface area contributed by atoms with Crippen molar-refractivity contribution in [2.75, 3.05) is 37.7 Å². The van der Waals surface area contributed by atoms with E-state index in [0.717, 1.165) is 44.3 Å². The summed E-state index contributed by atoms with van der Waals surface area (Å²) >= 11 is 0. The van der Waals surface area contributed by atoms with Gasteiger partial charge in [-0.05, 0) is 67.4 Å². The van der Waals surface area contributed by atoms with Crippen LogP contribution in [0.4, 0.5) is 14.7 Å². The molecule has 9 nitrogen and oxygen atoms in total. The zero-order valence-electron chi connectivity index (χ0n) is 20.5. The maximum Gasteiger partial charge on any atom is 0.266 e. The maximum absolute atomic E-state index is 13.1. The average molecular weight is 509 g/mol. The van der Waals surface area contributed by atoms with Gasteiger partial charge in [0.1, 0.15) is 5.75 Å². The predicted octanol–water partition coefficient (Wildman–Crippen LogP) is 3.05. The number of anilines is 1. The molecule has 1 aromatic carbocycles. The molecule has 11 heteroatoms. The standard InChI is InChI=1S/C25H34F2N4O5/c1-16-11-20(4-5-21(16)22(34)28-14-19(33)15-32)35-10-2-3-17-6-8-31(9-7-17)24-29-23(36-30-24)18-12-25(26,27)13-18/h4-5,11,17-19,32-33H,2-3,6-10,12-15H2,1H3,(H,28,34)/t19-/m0/s1. The van der Waals surface area contributed by atoms with E-state index in [9.17, 15) is 18.7 Å². The summed E-state index contributed by atoms with van der Waals surface area (Å²) in [4.78, 5) is 18.6. The molecule has 0 spiro atoms. The number of hydrogen-bond donors (Lipinski definition) is 3. The summed E-state index contributed by atoms with van der Waals surface area (Å²) in [6, 6.07) is 5.27. The molecule has 1 aliphatic heterocycles. The van der Waals surface area contributed by atoms with Gasteiger partial charge in [0.15, 0.2) is 0 Å². The number of amides is 1. The molecule has 2 heterocycles. The molecular weight excluding hydrogens is 474 g/mol. The first-order valence-electron chi connectivity index (χ1n) is 12.5. The summed E-state index contributed by atoms with van der Waals surface area (Å²) in [5.74, 6) is -1.15. The number of carbonyl (C=O) groups is 1. The molecule has 1 saturated carbocycles. The van der Waals surface area contributed by atoms with E-state index in [2.05, 4.69) is 20.4 Å². The van der Waals surface area contributed by atoms with Crippen LogP contribution >= 0.6 is 0 Å². The molecule has 0 unspecified atom stereocenters. The Morgan fingerprint density at radius 1 is 1.33 bits per heavy atom. The molecule has 1 aromatic heterocycles. The fourth-order valence-electron chi connectivity index (χ4n) is 4.69. The van der Waals surface area contributed by atoms with E-state index >= 15 is 0 Å². The Kier molecular flexibility index (Phi) is 8.40. The zero-order chi connectivity index (χ0) is 25.7. The quantitative estimate of drug-likeness (QED) is 0.396. The van der Waals surface area contributed by atoms with Gasteiger partial charge < -0.3 is 29.7 Å². The molecule has 0 radical (unpaired) electrons. The number of rotatable bonds is 11. The molecule has 4 rings (SSSR count). The maximum atomic E-state index is 13.1. The highest BCUT2D eigenvalue weighted by molar-refractivity contribution is 5.95. The van der Waals surface area contributed by atoms with Crippen LogP contribution in [-0.2, 0) is 0 Å². The van der Waals surface area contributed by atoms with Crippen LogP contribution in [0, 0.1) is 12.8 Å². The van der Waals surface area contributed by atoms with Crippen molar-refractivity contribution in [3.05, 3.63) is 35.2 Å². The summed E-state index contributed by atoms with van der Waals surface area (Å²) in [6.45, 7) is 3.61. The van der Waals surface area contributed by atoms with Gasteiger partial charge in [0.05, 0.1) is 19.3 Å². The van der Waals surface area contributed by atoms with Crippen molar-refractivity contribution in [2.24, 2.45) is 5.92 Å². The molecule has 0 bridgehead atoms. The fraction of sp³-hybridized carbons (Fsp3) is 0.640. The third kappa shape index (κ3) is 6.70. The lowest BCUT2D eigenvalue weighted by Crippen LogP contribution is -2.35. The molecule has 1 amide bonds. The van der Waals surface area contributed by atoms with Crippen molar-refractivity contribution in [2.45, 2.75) is 63.4 Å². The van der Waals surface area contributed by atoms with Crippen molar-refractivity contribution >= 4 is 11.9 Å². The lowest BCUT2D eigenvalue weighted by Gasteiger charge is -2.32. The third-order valence-electron chi connectivity index (χ3n) is 6.94. The second kappa shape index (κ2) is 11.5. The van der Waals surface area contributed by atoms with Gasteiger partial charge in [-0.2, -0.15) is 4.98 Å². The van der Waals surface area contributed by atoms with Crippen molar-refractivity contribution in [3.8, 4) is 5.75 Å². The van der Waals surface area contributed by atoms with E-state index in [1.54, 1.807) is 12.1 Å². The number of aliphatic hydroxyl groups is 2. The number of nitrogens with zero attached hydrogens (tertiary/aromatic N) is 3. The monoisotopic (exact) mass is 508 g/mol. The summed E-state index contributed by atoms with van der Waals surface area (Å²) in [5, 5.41) is 24.8. The van der Waals surface area contributed by atoms with Gasteiger partial charge in [-0.25, -0.2) is 8.78 Å². The normalized spacial score (nSPS) is 19.1. The summed E-state index contributed by atoms with van der Waals surface area (Å²) < 4.78 is 37.3. The van der Waals surface area contributed by atoms with Crippen LogP contribution in [0.25, 0.3) is 0 Å². The number of carbonyl (C=O) groups excluding carboxylic acids is 1. The molecule has 2 aromatic rings. The van der Waals surface area contributed by atoms with Gasteiger partial charge in [-0.15, -0.1) is 0 Å². The molecule has 2 aliphatic rings. The predicted molar refractivity (Wildman–Crippen MR) is 127 cm³/mol. The summed E-state index contributed by atoms with van der Waals surface area (Å²) in [6.07, 6.45) is 2.54. The minimum atomic E-state index is -2.60. The van der Waals surface area contributed by atoms with Crippen LogP contribution in [0.2, 0.25) is 0 Å². The van der Waals surface area contributed by atoms with Crippen LogP contribution in [0.5, 0.6) is 5.75 Å². The lowest BCUT2D eigenvalue weighted by molar-refractivity contribution is -0.0925. The van der Waals surface area contributed by atoms with Gasteiger partial charge in [-0.3, -0.25) is 4.79 Å². The van der Waals surface area contributed by atoms with Gasteiger partial charge in [-0.1, -0.05) is 0 Å². The largest absolute Gasteiger partial charge is 0.494 e. The highest BCUT2D eigenvalue weighted by atomic mass is 19.3. The van der Waals surface area contributed by atoms with E-state index in [-0.39, 0.29) is 31.2 Å². The van der Waals surface area contributed by atoms with Crippen molar-refractivity contribution in [3.63, 3.8) is 0 Å². The number of piperidine rings is 1. The van der Waals surface area contributed by atoms with E-state index in [4.69, 9.17) is 14.4 Å². The number of aryl methyl sites for hydroxylation is 1. The van der Waals surface area contributed by atoms with E-state index in [1.807, 2.05) is 13.0 Å². The summed E-state index contributed by atoms with van der Waals surface area (Å²) in [5.41, 5.74) is 1.27. The van der Waals surface area contributed by atoms with E-state index < -0.39 is 18.6 Å². The third-order valence-corrected chi connectivity index (χ3v) is 6.94. The van der Waals surface area contributed by atoms with Crippen LogP contribution in [-0.4, -0.2) is 71.1 Å². The number of halogens is 2. The first-order valence-corrected chi connectivity index (χ1v) is 12.5. The van der Waals surface area contributed by atoms with Crippen LogP contribution in [0.3, 0.4) is 0 Å². The second-order valence-electron chi connectivity index (χ2n) is 9.84. The van der Waals surface area contributed by atoms with E-state index in [0.29, 0.717) is 35.7 Å². The van der Waals surface area contributed by atoms with Crippen LogP contribution < -0.4 is 15.0 Å². The smallest absolute Gasteiger partial charge is 0.266 e. The number of hydrogen-bond acceptors (Lipinski definition) is 8. The van der Waals surface area contributed by atoms with Crippen molar-refractivity contribution in [1.29, 1.82) is 0 Å². The molecule has 1 aliphatic carbocycles. The number of ether oxygens (including phenoxy) is 1. The van der Waals surface area contributed by atoms with Crippen LogP contribution in [0.1, 0.15) is 66.3 Å². The van der Waals surface area contributed by atoms with Crippen LogP contribution in [0.15, 0.2) is 22.7 Å². The number of aromatic nitrogens is 2. The summed E-state index contributed by atoms with van der Waals surface area (Å²) in [7, 11) is 0. The molecule has 3 N–H and O–H groups in total. The fourth-order valence-corrected chi connectivity index (χ4v) is 4.69. The number of alkyl halides is 2. The highest BCUT2D eigenvalue weighted by Crippen LogP contribution is 2.48. The molecule has 36 heavy (non-hydrogen) atoms. The molecular formula is C25H34F2N4O5. The average Bonchev–Trinajstić information content (AvgIpc) is 3.34. The molecule has 1 atom stereocenters. The molecule has 1 saturated heterocycles.